The lowest BCUT2D eigenvalue weighted by Gasteiger charge is -2.14. The Morgan fingerprint density at radius 2 is 1.97 bits per heavy atom. The summed E-state index contributed by atoms with van der Waals surface area (Å²) >= 11 is 9.29. The zero-order valence-corrected chi connectivity index (χ0v) is 21.8. The Morgan fingerprint density at radius 1 is 1.21 bits per heavy atom. The van der Waals surface area contributed by atoms with Crippen LogP contribution >= 0.6 is 47.1 Å². The molecule has 0 spiro atoms. The maximum absolute atomic E-state index is 13.0. The van der Waals surface area contributed by atoms with Crippen molar-refractivity contribution in [3.8, 4) is 0 Å². The van der Waals surface area contributed by atoms with E-state index < -0.39 is 18.4 Å². The number of aromatic nitrogens is 1. The van der Waals surface area contributed by atoms with Crippen molar-refractivity contribution in [2.45, 2.75) is 27.3 Å². The first kappa shape index (κ1) is 25.6. The fourth-order valence-electron chi connectivity index (χ4n) is 3.29. The lowest BCUT2D eigenvalue weighted by molar-refractivity contribution is -0.140. The van der Waals surface area contributed by atoms with Crippen molar-refractivity contribution in [1.82, 2.24) is 14.4 Å². The molecule has 3 heterocycles. The van der Waals surface area contributed by atoms with Crippen molar-refractivity contribution in [2.24, 2.45) is 0 Å². The van der Waals surface area contributed by atoms with Crippen LogP contribution < -0.4 is 14.8 Å². The number of carbonyl (C=O) groups is 2. The molecule has 0 radical (unpaired) electrons. The molecule has 3 rings (SSSR count). The number of carbonyl (C=O) groups excluding carboxylic acids is 1. The number of ether oxygens (including phenoxy) is 1. The average Bonchev–Trinajstić information content (AvgIpc) is 3.43. The molecule has 1 N–H and O–H groups in total. The van der Waals surface area contributed by atoms with Crippen molar-refractivity contribution in [3.05, 3.63) is 41.3 Å². The Balaban J connectivity index is 2.08. The highest BCUT2D eigenvalue weighted by Crippen LogP contribution is 2.34. The zero-order valence-electron chi connectivity index (χ0n) is 18.5. The first-order valence-corrected chi connectivity index (χ1v) is 13.5. The van der Waals surface area contributed by atoms with Crippen molar-refractivity contribution in [1.29, 1.82) is 0 Å². The van der Waals surface area contributed by atoms with Crippen LogP contribution in [0, 0.1) is 0 Å². The monoisotopic (exact) mass is 527 g/mol. The van der Waals surface area contributed by atoms with Gasteiger partial charge < -0.3 is 14.7 Å². The van der Waals surface area contributed by atoms with E-state index in [1.165, 1.54) is 11.3 Å². The van der Waals surface area contributed by atoms with Gasteiger partial charge in [0.25, 0.3) is 11.5 Å². The minimum Gasteiger partial charge on any atom is -0.492 e. The highest BCUT2D eigenvalue weighted by molar-refractivity contribution is 8.26. The van der Waals surface area contributed by atoms with Gasteiger partial charge in [0.05, 0.1) is 16.2 Å². The van der Waals surface area contributed by atoms with Gasteiger partial charge in [0.2, 0.25) is 0 Å². The molecule has 2 aliphatic heterocycles. The lowest BCUT2D eigenvalue weighted by atomic mass is 10.3. The predicted molar refractivity (Wildman–Crippen MR) is 138 cm³/mol. The van der Waals surface area contributed by atoms with Gasteiger partial charge in [0.15, 0.2) is 0 Å². The molecule has 0 aromatic carbocycles. The first-order chi connectivity index (χ1) is 15.8. The molecule has 2 aliphatic rings. The normalized spacial score (nSPS) is 20.5. The van der Waals surface area contributed by atoms with E-state index in [9.17, 15) is 14.4 Å². The maximum atomic E-state index is 13.0. The summed E-state index contributed by atoms with van der Waals surface area (Å²) in [6, 6.07) is 0. The van der Waals surface area contributed by atoms with Gasteiger partial charge in [-0.05, 0) is 32.9 Å². The number of hydrogen-bond acceptors (Lipinski definition) is 9. The summed E-state index contributed by atoms with van der Waals surface area (Å²) in [4.78, 5) is 40.4. The van der Waals surface area contributed by atoms with Gasteiger partial charge in [-0.3, -0.25) is 23.9 Å². The van der Waals surface area contributed by atoms with E-state index in [0.29, 0.717) is 22.3 Å². The number of rotatable bonds is 8. The summed E-state index contributed by atoms with van der Waals surface area (Å²) < 4.78 is 8.76. The summed E-state index contributed by atoms with van der Waals surface area (Å²) in [7, 11) is 0. The van der Waals surface area contributed by atoms with Gasteiger partial charge >= 0.3 is 5.97 Å². The van der Waals surface area contributed by atoms with Crippen molar-refractivity contribution >= 4 is 75.4 Å². The van der Waals surface area contributed by atoms with Gasteiger partial charge in [0, 0.05) is 31.5 Å². The summed E-state index contributed by atoms with van der Waals surface area (Å²) in [6.07, 6.45) is 5.50. The van der Waals surface area contributed by atoms with Gasteiger partial charge in [-0.2, -0.15) is 0 Å². The minimum absolute atomic E-state index is 0.106. The molecule has 33 heavy (non-hydrogen) atoms. The molecule has 0 bridgehead atoms. The molecular weight excluding hydrogens is 503 g/mol. The van der Waals surface area contributed by atoms with E-state index in [1.807, 2.05) is 19.1 Å². The standard InChI is InChI=1S/C21H25N3O5S4/c1-4-22-9-10-31-15(22)8-7-14-19(27)23(5-2)16(32-14)11-13(29-6-3)18-20(28)24(12-17(25)26)21(30)33-18/h7-8,11H,4-6,9-10,12H2,1-3H3,(H,25,26)/b14-7+,15-8-,16-11-,18-13+. The van der Waals surface area contributed by atoms with Crippen LogP contribution in [-0.2, 0) is 20.9 Å². The molecule has 0 aliphatic carbocycles. The molecule has 8 nitrogen and oxygen atoms in total. The average molecular weight is 528 g/mol. The second-order valence-corrected chi connectivity index (χ2v) is 10.7. The number of hydrogen-bond donors (Lipinski definition) is 1. The molecule has 1 aromatic heterocycles. The third-order valence-electron chi connectivity index (χ3n) is 4.86. The Bertz CT molecular complexity index is 1200. The largest absolute Gasteiger partial charge is 0.492 e. The second-order valence-electron chi connectivity index (χ2n) is 6.88. The van der Waals surface area contributed by atoms with Gasteiger partial charge in [-0.25, -0.2) is 0 Å². The van der Waals surface area contributed by atoms with Crippen LogP contribution in [0.1, 0.15) is 20.8 Å². The molecule has 2 saturated heterocycles. The third kappa shape index (κ3) is 5.73. The van der Waals surface area contributed by atoms with Gasteiger partial charge in [0.1, 0.15) is 26.2 Å². The molecule has 1 amide bonds. The van der Waals surface area contributed by atoms with Gasteiger partial charge in [-0.1, -0.05) is 24.0 Å². The smallest absolute Gasteiger partial charge is 0.323 e. The van der Waals surface area contributed by atoms with Crippen LogP contribution in [-0.4, -0.2) is 67.7 Å². The van der Waals surface area contributed by atoms with Crippen LogP contribution in [0.25, 0.3) is 12.2 Å². The number of carboxylic acid groups (broad SMARTS) is 1. The van der Waals surface area contributed by atoms with Crippen LogP contribution in [0.3, 0.4) is 0 Å². The third-order valence-corrected chi connectivity index (χ3v) is 8.46. The van der Waals surface area contributed by atoms with Crippen LogP contribution in [0.5, 0.6) is 0 Å². The Hall–Kier alpha value is -2.02. The number of thiocarbonyl (C=S) groups is 1. The summed E-state index contributed by atoms with van der Waals surface area (Å²) in [5, 5.41) is 10.2. The molecule has 0 unspecified atom stereocenters. The number of nitrogens with zero attached hydrogens (tertiary/aromatic N) is 3. The van der Waals surface area contributed by atoms with Crippen LogP contribution in [0.15, 0.2) is 26.6 Å². The molecule has 178 valence electrons. The Morgan fingerprint density at radius 3 is 2.61 bits per heavy atom. The SMILES string of the molecule is CCOC(/C=c1\s/c(=C/C=C2\SCCN2CC)c(=O)n1CC)=C1/SC(=S)N(CC(=O)O)C1=O. The predicted octanol–water partition coefficient (Wildman–Crippen LogP) is 1.59. The minimum atomic E-state index is -1.15. The fraction of sp³-hybridized carbons (Fsp3) is 0.429. The molecule has 12 heteroatoms. The van der Waals surface area contributed by atoms with Crippen molar-refractivity contribution < 1.29 is 19.4 Å². The molecule has 2 fully saturated rings. The highest BCUT2D eigenvalue weighted by Gasteiger charge is 2.36. The Kier molecular flexibility index (Phi) is 8.85. The number of thioether (sulfide) groups is 2. The fourth-order valence-corrected chi connectivity index (χ4v) is 6.67. The maximum Gasteiger partial charge on any atom is 0.323 e. The number of allylic oxidation sites excluding steroid dienone is 2. The second kappa shape index (κ2) is 11.4. The topological polar surface area (TPSA) is 92.1 Å². The summed E-state index contributed by atoms with van der Waals surface area (Å²) in [5.74, 6) is -0.347. The van der Waals surface area contributed by atoms with E-state index in [0.717, 1.165) is 40.5 Å². The number of thiazole rings is 1. The van der Waals surface area contributed by atoms with Crippen molar-refractivity contribution in [2.75, 3.05) is 32.0 Å². The quantitative estimate of drug-likeness (QED) is 0.307. The number of amides is 1. The molecule has 0 atom stereocenters. The molecule has 1 aromatic rings. The van der Waals surface area contributed by atoms with E-state index in [4.69, 9.17) is 22.1 Å². The Labute approximate surface area is 209 Å². The molecular formula is C21H25N3O5S4. The van der Waals surface area contributed by atoms with Crippen LogP contribution in [0.2, 0.25) is 0 Å². The van der Waals surface area contributed by atoms with Crippen LogP contribution in [0.4, 0.5) is 0 Å². The number of carboxylic acids is 1. The first-order valence-electron chi connectivity index (χ1n) is 10.4. The van der Waals surface area contributed by atoms with E-state index in [2.05, 4.69) is 11.8 Å². The van der Waals surface area contributed by atoms with E-state index in [-0.39, 0.29) is 20.5 Å². The van der Waals surface area contributed by atoms with E-state index in [1.54, 1.807) is 29.3 Å². The molecule has 0 saturated carbocycles. The summed E-state index contributed by atoms with van der Waals surface area (Å²) in [5.41, 5.74) is -0.106. The zero-order chi connectivity index (χ0) is 24.1. The highest BCUT2D eigenvalue weighted by atomic mass is 32.2. The lowest BCUT2D eigenvalue weighted by Crippen LogP contribution is -2.33. The van der Waals surface area contributed by atoms with E-state index >= 15 is 0 Å². The summed E-state index contributed by atoms with van der Waals surface area (Å²) in [6.45, 7) is 7.95. The van der Waals surface area contributed by atoms with Gasteiger partial charge in [-0.15, -0.1) is 23.1 Å². The van der Waals surface area contributed by atoms with Crippen molar-refractivity contribution in [3.63, 3.8) is 0 Å². The number of aliphatic carboxylic acids is 1.